The topological polar surface area (TPSA) is 59.4 Å². The number of carbonyl (C=O) groups is 1. The molecule has 1 aromatic rings. The molecule has 0 radical (unpaired) electrons. The molecule has 1 aromatic heterocycles. The fraction of sp³-hybridized carbons (Fsp3) is 0.636. The molecule has 1 aliphatic heterocycles. The lowest BCUT2D eigenvalue weighted by Gasteiger charge is -2.19. The fourth-order valence-electron chi connectivity index (χ4n) is 1.80. The normalized spacial score (nSPS) is 17.5. The maximum absolute atomic E-state index is 10.4. The maximum Gasteiger partial charge on any atom is 0.303 e. The van der Waals surface area contributed by atoms with Crippen LogP contribution in [0.2, 0.25) is 0 Å². The van der Waals surface area contributed by atoms with Crippen molar-refractivity contribution in [3.63, 3.8) is 0 Å². The number of aliphatic carboxylic acids is 1. The van der Waals surface area contributed by atoms with Crippen LogP contribution in [-0.4, -0.2) is 29.3 Å². The fourth-order valence-corrected chi connectivity index (χ4v) is 2.89. The molecule has 1 aliphatic rings. The summed E-state index contributed by atoms with van der Waals surface area (Å²) in [4.78, 5) is 15.9. The number of thiazole rings is 1. The number of aryl methyl sites for hydroxylation is 1. The zero-order valence-electron chi connectivity index (χ0n) is 9.02. The molecule has 0 spiro atoms. The second-order valence-electron chi connectivity index (χ2n) is 3.95. The van der Waals surface area contributed by atoms with Crippen molar-refractivity contribution in [3.05, 3.63) is 16.1 Å². The van der Waals surface area contributed by atoms with Gasteiger partial charge in [-0.1, -0.05) is 0 Å². The van der Waals surface area contributed by atoms with Gasteiger partial charge in [0.15, 0.2) is 0 Å². The Labute approximate surface area is 98.3 Å². The van der Waals surface area contributed by atoms with Crippen molar-refractivity contribution in [1.29, 1.82) is 0 Å². The standard InChI is InChI=1S/C11H15NO3S/c13-10(14)2-1-9-7-12-11(16-9)8-3-5-15-6-4-8/h7-8H,1-6H2,(H,13,14). The average Bonchev–Trinajstić information content (AvgIpc) is 2.76. The average molecular weight is 241 g/mol. The van der Waals surface area contributed by atoms with Gasteiger partial charge in [-0.15, -0.1) is 11.3 Å². The largest absolute Gasteiger partial charge is 0.481 e. The number of aromatic nitrogens is 1. The number of carboxylic acid groups (broad SMARTS) is 1. The molecule has 2 heterocycles. The van der Waals surface area contributed by atoms with Crippen molar-refractivity contribution < 1.29 is 14.6 Å². The van der Waals surface area contributed by atoms with Gasteiger partial charge in [-0.3, -0.25) is 4.79 Å². The lowest BCUT2D eigenvalue weighted by molar-refractivity contribution is -0.136. The number of ether oxygens (including phenoxy) is 1. The summed E-state index contributed by atoms with van der Waals surface area (Å²) in [6.07, 6.45) is 4.67. The third-order valence-corrected chi connectivity index (χ3v) is 3.95. The van der Waals surface area contributed by atoms with Gasteiger partial charge < -0.3 is 9.84 Å². The van der Waals surface area contributed by atoms with Crippen LogP contribution in [0.3, 0.4) is 0 Å². The van der Waals surface area contributed by atoms with Crippen LogP contribution in [-0.2, 0) is 16.0 Å². The maximum atomic E-state index is 10.4. The summed E-state index contributed by atoms with van der Waals surface area (Å²) in [5.41, 5.74) is 0. The zero-order chi connectivity index (χ0) is 11.4. The van der Waals surface area contributed by atoms with Gasteiger partial charge in [-0.25, -0.2) is 4.98 Å². The Morgan fingerprint density at radius 2 is 2.31 bits per heavy atom. The van der Waals surface area contributed by atoms with Crippen LogP contribution < -0.4 is 0 Å². The Balaban J connectivity index is 1.93. The molecule has 0 atom stereocenters. The van der Waals surface area contributed by atoms with Crippen LogP contribution >= 0.6 is 11.3 Å². The highest BCUT2D eigenvalue weighted by atomic mass is 32.1. The van der Waals surface area contributed by atoms with Gasteiger partial charge in [-0.05, 0) is 19.3 Å². The first-order valence-corrected chi connectivity index (χ1v) is 6.31. The van der Waals surface area contributed by atoms with E-state index < -0.39 is 5.97 Å². The number of hydrogen-bond donors (Lipinski definition) is 1. The van der Waals surface area contributed by atoms with Crippen LogP contribution in [0, 0.1) is 0 Å². The Morgan fingerprint density at radius 3 is 3.00 bits per heavy atom. The molecule has 0 aromatic carbocycles. The van der Waals surface area contributed by atoms with E-state index in [0.717, 1.165) is 35.9 Å². The lowest BCUT2D eigenvalue weighted by atomic mass is 10.0. The predicted molar refractivity (Wildman–Crippen MR) is 60.9 cm³/mol. The number of nitrogens with zero attached hydrogens (tertiary/aromatic N) is 1. The third-order valence-electron chi connectivity index (χ3n) is 2.73. The summed E-state index contributed by atoms with van der Waals surface area (Å²) in [5, 5.41) is 9.74. The van der Waals surface area contributed by atoms with E-state index in [1.165, 1.54) is 0 Å². The van der Waals surface area contributed by atoms with Crippen molar-refractivity contribution in [2.45, 2.75) is 31.6 Å². The van der Waals surface area contributed by atoms with Gasteiger partial charge in [0.05, 0.1) is 11.4 Å². The first kappa shape index (κ1) is 11.5. The molecule has 2 rings (SSSR count). The first-order valence-electron chi connectivity index (χ1n) is 5.50. The lowest BCUT2D eigenvalue weighted by Crippen LogP contribution is -2.13. The molecule has 88 valence electrons. The predicted octanol–water partition coefficient (Wildman–Crippen LogP) is 2.05. The highest BCUT2D eigenvalue weighted by Gasteiger charge is 2.19. The molecule has 1 N–H and O–H groups in total. The molecule has 4 nitrogen and oxygen atoms in total. The number of rotatable bonds is 4. The van der Waals surface area contributed by atoms with E-state index in [1.807, 2.05) is 6.20 Å². The smallest absolute Gasteiger partial charge is 0.303 e. The SMILES string of the molecule is O=C(O)CCc1cnc(C2CCOCC2)s1. The van der Waals surface area contributed by atoms with Gasteiger partial charge in [-0.2, -0.15) is 0 Å². The highest BCUT2D eigenvalue weighted by Crippen LogP contribution is 2.30. The minimum absolute atomic E-state index is 0.190. The molecule has 0 aliphatic carbocycles. The van der Waals surface area contributed by atoms with Crippen molar-refractivity contribution in [2.24, 2.45) is 0 Å². The highest BCUT2D eigenvalue weighted by molar-refractivity contribution is 7.11. The molecular formula is C11H15NO3S. The van der Waals surface area contributed by atoms with E-state index in [4.69, 9.17) is 9.84 Å². The Morgan fingerprint density at radius 1 is 1.56 bits per heavy atom. The van der Waals surface area contributed by atoms with Gasteiger partial charge in [0.2, 0.25) is 0 Å². The molecule has 1 saturated heterocycles. The Kier molecular flexibility index (Phi) is 3.90. The molecule has 0 unspecified atom stereocenters. The van der Waals surface area contributed by atoms with Crippen molar-refractivity contribution in [2.75, 3.05) is 13.2 Å². The zero-order valence-corrected chi connectivity index (χ0v) is 9.83. The molecule has 1 fully saturated rings. The molecule has 0 bridgehead atoms. The van der Waals surface area contributed by atoms with Gasteiger partial charge in [0.1, 0.15) is 0 Å². The van der Waals surface area contributed by atoms with Crippen LogP contribution in [0.1, 0.15) is 35.1 Å². The van der Waals surface area contributed by atoms with Crippen molar-refractivity contribution in [3.8, 4) is 0 Å². The summed E-state index contributed by atoms with van der Waals surface area (Å²) < 4.78 is 5.31. The van der Waals surface area contributed by atoms with E-state index in [-0.39, 0.29) is 6.42 Å². The van der Waals surface area contributed by atoms with Crippen LogP contribution in [0.25, 0.3) is 0 Å². The Hall–Kier alpha value is -0.940. The van der Waals surface area contributed by atoms with Crippen molar-refractivity contribution >= 4 is 17.3 Å². The monoisotopic (exact) mass is 241 g/mol. The summed E-state index contributed by atoms with van der Waals surface area (Å²) >= 11 is 1.65. The number of hydrogen-bond acceptors (Lipinski definition) is 4. The van der Waals surface area contributed by atoms with E-state index in [0.29, 0.717) is 12.3 Å². The van der Waals surface area contributed by atoms with Crippen LogP contribution in [0.5, 0.6) is 0 Å². The molecule has 0 saturated carbocycles. The van der Waals surface area contributed by atoms with Gasteiger partial charge in [0, 0.05) is 30.2 Å². The first-order chi connectivity index (χ1) is 7.75. The molecule has 0 amide bonds. The number of carboxylic acids is 1. The van der Waals surface area contributed by atoms with Crippen LogP contribution in [0.4, 0.5) is 0 Å². The molecular weight excluding hydrogens is 226 g/mol. The van der Waals surface area contributed by atoms with E-state index in [1.54, 1.807) is 11.3 Å². The minimum atomic E-state index is -0.749. The summed E-state index contributed by atoms with van der Waals surface area (Å²) in [5.74, 6) is -0.238. The van der Waals surface area contributed by atoms with Crippen LogP contribution in [0.15, 0.2) is 6.20 Å². The second-order valence-corrected chi connectivity index (χ2v) is 5.09. The summed E-state index contributed by atoms with van der Waals surface area (Å²) in [7, 11) is 0. The van der Waals surface area contributed by atoms with Crippen molar-refractivity contribution in [1.82, 2.24) is 4.98 Å². The molecule has 16 heavy (non-hydrogen) atoms. The Bertz CT molecular complexity index is 358. The molecule has 5 heteroatoms. The van der Waals surface area contributed by atoms with E-state index in [9.17, 15) is 4.79 Å². The third kappa shape index (κ3) is 3.02. The summed E-state index contributed by atoms with van der Waals surface area (Å²) in [6.45, 7) is 1.63. The van der Waals surface area contributed by atoms with Gasteiger partial charge >= 0.3 is 5.97 Å². The van der Waals surface area contributed by atoms with E-state index >= 15 is 0 Å². The minimum Gasteiger partial charge on any atom is -0.481 e. The summed E-state index contributed by atoms with van der Waals surface area (Å²) in [6, 6.07) is 0. The quantitative estimate of drug-likeness (QED) is 0.876. The van der Waals surface area contributed by atoms with E-state index in [2.05, 4.69) is 4.98 Å². The van der Waals surface area contributed by atoms with Gasteiger partial charge in [0.25, 0.3) is 0 Å². The second kappa shape index (κ2) is 5.41.